The van der Waals surface area contributed by atoms with E-state index in [9.17, 15) is 4.79 Å². The minimum atomic E-state index is -0.196. The molecule has 2 aromatic rings. The number of nitrogens with one attached hydrogen (secondary N) is 1. The highest BCUT2D eigenvalue weighted by atomic mass is 16.1. The number of hydrogen-bond acceptors (Lipinski definition) is 6. The molecule has 1 aliphatic rings. The number of pyridine rings is 1. The van der Waals surface area contributed by atoms with Crippen LogP contribution >= 0.6 is 0 Å². The number of amides is 1. The molecule has 0 aliphatic carbocycles. The van der Waals surface area contributed by atoms with Crippen LogP contribution < -0.4 is 16.0 Å². The molecule has 0 aromatic carbocycles. The lowest BCUT2D eigenvalue weighted by Gasteiger charge is -2.32. The molecule has 1 amide bonds. The minimum absolute atomic E-state index is 0.0204. The van der Waals surface area contributed by atoms with Crippen LogP contribution in [0, 0.1) is 12.8 Å². The van der Waals surface area contributed by atoms with E-state index in [1.54, 1.807) is 0 Å². The third kappa shape index (κ3) is 4.28. The van der Waals surface area contributed by atoms with Crippen LogP contribution in [0.25, 0.3) is 0 Å². The Balaban J connectivity index is 1.70. The van der Waals surface area contributed by atoms with Gasteiger partial charge in [0.25, 0.3) is 0 Å². The van der Waals surface area contributed by atoms with Crippen LogP contribution in [0.1, 0.15) is 36.8 Å². The zero-order valence-electron chi connectivity index (χ0n) is 15.4. The maximum atomic E-state index is 11.4. The first kappa shape index (κ1) is 18.1. The lowest BCUT2D eigenvalue weighted by atomic mass is 9.96. The lowest BCUT2D eigenvalue weighted by Crippen LogP contribution is -2.39. The van der Waals surface area contributed by atoms with Crippen molar-refractivity contribution in [3.8, 4) is 0 Å². The molecule has 138 valence electrons. The molecule has 3 rings (SSSR count). The van der Waals surface area contributed by atoms with E-state index < -0.39 is 0 Å². The van der Waals surface area contributed by atoms with E-state index in [2.05, 4.69) is 38.2 Å². The molecular formula is C19H26N6O. The molecule has 0 radical (unpaired) electrons. The Hall–Kier alpha value is -2.70. The zero-order chi connectivity index (χ0) is 18.5. The number of rotatable bonds is 6. The highest BCUT2D eigenvalue weighted by Gasteiger charge is 2.24. The van der Waals surface area contributed by atoms with Gasteiger partial charge in [-0.05, 0) is 32.3 Å². The van der Waals surface area contributed by atoms with E-state index >= 15 is 0 Å². The number of nitrogens with zero attached hydrogens (tertiary/aromatic N) is 4. The molecule has 2 aromatic heterocycles. The third-order valence-electron chi connectivity index (χ3n) is 4.78. The largest absolute Gasteiger partial charge is 0.369 e. The number of hydrogen-bond donors (Lipinski definition) is 2. The second kappa shape index (κ2) is 8.12. The average Bonchev–Trinajstić information content (AvgIpc) is 2.66. The van der Waals surface area contributed by atoms with E-state index in [0.717, 1.165) is 61.1 Å². The van der Waals surface area contributed by atoms with Crippen LogP contribution in [0.3, 0.4) is 0 Å². The van der Waals surface area contributed by atoms with Gasteiger partial charge in [0.05, 0.1) is 0 Å². The molecule has 7 nitrogen and oxygen atoms in total. The maximum Gasteiger partial charge on any atom is 0.220 e. The topological polar surface area (TPSA) is 97.0 Å². The highest BCUT2D eigenvalue weighted by Crippen LogP contribution is 2.25. The molecule has 1 fully saturated rings. The Morgan fingerprint density at radius 1 is 1.35 bits per heavy atom. The quantitative estimate of drug-likeness (QED) is 0.824. The van der Waals surface area contributed by atoms with Crippen molar-refractivity contribution in [2.45, 2.75) is 39.7 Å². The van der Waals surface area contributed by atoms with Crippen molar-refractivity contribution in [3.05, 3.63) is 41.5 Å². The molecule has 3 heterocycles. The van der Waals surface area contributed by atoms with Gasteiger partial charge in [0.2, 0.25) is 5.91 Å². The first-order valence-electron chi connectivity index (χ1n) is 9.13. The van der Waals surface area contributed by atoms with Gasteiger partial charge in [-0.25, -0.2) is 15.0 Å². The van der Waals surface area contributed by atoms with Gasteiger partial charge in [0.15, 0.2) is 0 Å². The fraction of sp³-hybridized carbons (Fsp3) is 0.474. The predicted molar refractivity (Wildman–Crippen MR) is 102 cm³/mol. The van der Waals surface area contributed by atoms with E-state index in [4.69, 9.17) is 5.73 Å². The summed E-state index contributed by atoms with van der Waals surface area (Å²) >= 11 is 0. The molecule has 0 atom stereocenters. The number of aryl methyl sites for hydroxylation is 2. The van der Waals surface area contributed by atoms with Crippen molar-refractivity contribution in [3.63, 3.8) is 0 Å². The van der Waals surface area contributed by atoms with Crippen LogP contribution in [0.15, 0.2) is 24.4 Å². The Kier molecular flexibility index (Phi) is 5.65. The summed E-state index contributed by atoms with van der Waals surface area (Å²) in [7, 11) is 0. The number of nitrogens with two attached hydrogens (primary N) is 1. The van der Waals surface area contributed by atoms with Crippen LogP contribution in [-0.2, 0) is 17.8 Å². The van der Waals surface area contributed by atoms with Gasteiger partial charge in [-0.1, -0.05) is 13.0 Å². The summed E-state index contributed by atoms with van der Waals surface area (Å²) in [6, 6.07) is 6.01. The molecule has 1 aliphatic heterocycles. The first-order chi connectivity index (χ1) is 12.6. The maximum absolute atomic E-state index is 11.4. The van der Waals surface area contributed by atoms with Gasteiger partial charge in [-0.2, -0.15) is 0 Å². The molecule has 7 heteroatoms. The van der Waals surface area contributed by atoms with E-state index in [1.807, 2.05) is 25.3 Å². The minimum Gasteiger partial charge on any atom is -0.369 e. The number of carbonyl (C=O) groups is 1. The molecular weight excluding hydrogens is 328 g/mol. The molecule has 0 unspecified atom stereocenters. The van der Waals surface area contributed by atoms with Crippen LogP contribution in [0.2, 0.25) is 0 Å². The molecule has 0 saturated carbocycles. The lowest BCUT2D eigenvalue weighted by molar-refractivity contribution is -0.122. The van der Waals surface area contributed by atoms with Crippen molar-refractivity contribution in [2.24, 2.45) is 11.7 Å². The van der Waals surface area contributed by atoms with Crippen molar-refractivity contribution in [1.29, 1.82) is 0 Å². The second-order valence-corrected chi connectivity index (χ2v) is 6.65. The van der Waals surface area contributed by atoms with Gasteiger partial charge < -0.3 is 16.0 Å². The fourth-order valence-corrected chi connectivity index (χ4v) is 3.32. The van der Waals surface area contributed by atoms with Gasteiger partial charge in [0, 0.05) is 49.1 Å². The van der Waals surface area contributed by atoms with Crippen molar-refractivity contribution < 1.29 is 4.79 Å². The molecule has 0 bridgehead atoms. The van der Waals surface area contributed by atoms with Gasteiger partial charge in [0.1, 0.15) is 17.5 Å². The van der Waals surface area contributed by atoms with E-state index in [1.165, 1.54) is 0 Å². The summed E-state index contributed by atoms with van der Waals surface area (Å²) in [6.45, 7) is 6.22. The average molecular weight is 354 g/mol. The zero-order valence-corrected chi connectivity index (χ0v) is 15.4. The molecule has 1 saturated heterocycles. The summed E-state index contributed by atoms with van der Waals surface area (Å²) < 4.78 is 0. The number of piperidine rings is 1. The Morgan fingerprint density at radius 2 is 2.12 bits per heavy atom. The second-order valence-electron chi connectivity index (χ2n) is 6.65. The van der Waals surface area contributed by atoms with Crippen molar-refractivity contribution in [2.75, 3.05) is 23.3 Å². The van der Waals surface area contributed by atoms with E-state index in [-0.39, 0.29) is 11.8 Å². The smallest absolute Gasteiger partial charge is 0.220 e. The Morgan fingerprint density at radius 3 is 2.81 bits per heavy atom. The monoisotopic (exact) mass is 354 g/mol. The molecule has 3 N–H and O–H groups in total. The summed E-state index contributed by atoms with van der Waals surface area (Å²) in [4.78, 5) is 27.0. The van der Waals surface area contributed by atoms with Crippen LogP contribution in [-0.4, -0.2) is 33.9 Å². The van der Waals surface area contributed by atoms with Gasteiger partial charge in [-0.15, -0.1) is 0 Å². The van der Waals surface area contributed by atoms with Gasteiger partial charge in [-0.3, -0.25) is 4.79 Å². The first-order valence-corrected chi connectivity index (χ1v) is 9.13. The summed E-state index contributed by atoms with van der Waals surface area (Å²) in [5.74, 6) is 2.35. The van der Waals surface area contributed by atoms with Crippen LogP contribution in [0.4, 0.5) is 11.6 Å². The third-order valence-corrected chi connectivity index (χ3v) is 4.78. The standard InChI is InChI=1S/C19H26N6O/c1-3-16-11-17(24-13(2)23-16)22-12-15-5-4-8-21-19(15)25-9-6-14(7-10-25)18(20)26/h4-5,8,11,14H,3,6-7,9-10,12H2,1-2H3,(H2,20,26)(H,22,23,24). The summed E-state index contributed by atoms with van der Waals surface area (Å²) in [5.41, 5.74) is 7.57. The van der Waals surface area contributed by atoms with Gasteiger partial charge >= 0.3 is 0 Å². The van der Waals surface area contributed by atoms with Crippen molar-refractivity contribution >= 4 is 17.5 Å². The highest BCUT2D eigenvalue weighted by molar-refractivity contribution is 5.77. The molecule has 0 spiro atoms. The van der Waals surface area contributed by atoms with Crippen molar-refractivity contribution in [1.82, 2.24) is 15.0 Å². The number of carbonyl (C=O) groups excluding carboxylic acids is 1. The normalized spacial score (nSPS) is 15.1. The Bertz CT molecular complexity index is 770. The number of aromatic nitrogens is 3. The summed E-state index contributed by atoms with van der Waals surface area (Å²) in [5, 5.41) is 3.39. The van der Waals surface area contributed by atoms with E-state index in [0.29, 0.717) is 6.54 Å². The summed E-state index contributed by atoms with van der Waals surface area (Å²) in [6.07, 6.45) is 4.25. The number of primary amides is 1. The fourth-order valence-electron chi connectivity index (χ4n) is 3.32. The molecule has 26 heavy (non-hydrogen) atoms. The number of anilines is 2. The van der Waals surface area contributed by atoms with Crippen LogP contribution in [0.5, 0.6) is 0 Å². The Labute approximate surface area is 154 Å². The SMILES string of the molecule is CCc1cc(NCc2cccnc2N2CCC(C(N)=O)CC2)nc(C)n1. The predicted octanol–water partition coefficient (Wildman–Crippen LogP) is 2.06.